The van der Waals surface area contributed by atoms with Gasteiger partial charge in [0.15, 0.2) is 34.9 Å². The molecule has 0 aliphatic heterocycles. The molecule has 0 N–H and O–H groups in total. The summed E-state index contributed by atoms with van der Waals surface area (Å²) in [5, 5.41) is 0. The van der Waals surface area contributed by atoms with Crippen molar-refractivity contribution in [3.63, 3.8) is 0 Å². The average molecular weight is 1540 g/mol. The zero-order valence-corrected chi connectivity index (χ0v) is 68.4. The van der Waals surface area contributed by atoms with E-state index in [1.165, 1.54) is 55.6 Å². The van der Waals surface area contributed by atoms with Crippen molar-refractivity contribution in [1.29, 1.82) is 0 Å². The van der Waals surface area contributed by atoms with Gasteiger partial charge in [-0.1, -0.05) is 467 Å². The lowest BCUT2D eigenvalue weighted by Crippen LogP contribution is -2.10. The molecule has 6 heteroatoms. The molecular weight excluding hydrogens is 1450 g/mol. The summed E-state index contributed by atoms with van der Waals surface area (Å²) in [4.78, 5) is 30.4. The van der Waals surface area contributed by atoms with Crippen LogP contribution in [0.2, 0.25) is 0 Å². The zero-order valence-electron chi connectivity index (χ0n) is 68.4. The van der Waals surface area contributed by atoms with Crippen molar-refractivity contribution in [3.8, 4) is 180 Å². The first-order valence-electron chi connectivity index (χ1n) is 40.9. The Kier molecular flexibility index (Phi) is 22.3. The van der Waals surface area contributed by atoms with Crippen molar-refractivity contribution < 1.29 is 0 Å². The van der Waals surface area contributed by atoms with E-state index in [1.807, 2.05) is 24.3 Å². The largest absolute Gasteiger partial charge is 0.208 e. The fourth-order valence-corrected chi connectivity index (χ4v) is 15.0. The molecule has 0 saturated heterocycles. The van der Waals surface area contributed by atoms with Crippen molar-refractivity contribution in [2.45, 2.75) is 52.4 Å². The topological polar surface area (TPSA) is 77.3 Å². The highest BCUT2D eigenvalue weighted by Crippen LogP contribution is 2.38. The van der Waals surface area contributed by atoms with Crippen LogP contribution >= 0.6 is 0 Å². The van der Waals surface area contributed by atoms with Gasteiger partial charge in [0.05, 0.1) is 0 Å². The Morgan fingerprint density at radius 1 is 0.150 bits per heavy atom. The van der Waals surface area contributed by atoms with Crippen molar-refractivity contribution in [1.82, 2.24) is 29.9 Å². The summed E-state index contributed by atoms with van der Waals surface area (Å²) < 4.78 is 0. The second-order valence-corrected chi connectivity index (χ2v) is 32.4. The Hall–Kier alpha value is -15.0. The monoisotopic (exact) mass is 1540 g/mol. The molecule has 0 unspecified atom stereocenters. The number of aromatic nitrogens is 6. The molecule has 0 spiro atoms. The Bertz CT molecular complexity index is 6250. The Morgan fingerprint density at radius 2 is 0.267 bits per heavy atom. The van der Waals surface area contributed by atoms with Crippen LogP contribution < -0.4 is 0 Å². The summed E-state index contributed by atoms with van der Waals surface area (Å²) in [5.41, 5.74) is 34.0. The highest BCUT2D eigenvalue weighted by Gasteiger charge is 2.20. The van der Waals surface area contributed by atoms with Gasteiger partial charge >= 0.3 is 0 Å². The summed E-state index contributed by atoms with van der Waals surface area (Å²) >= 11 is 0. The molecular formula is C114H90N6. The van der Waals surface area contributed by atoms with Gasteiger partial charge in [-0.3, -0.25) is 0 Å². The summed E-state index contributed by atoms with van der Waals surface area (Å²) in [7, 11) is 0. The van der Waals surface area contributed by atoms with Crippen molar-refractivity contribution in [3.05, 3.63) is 436 Å². The van der Waals surface area contributed by atoms with Gasteiger partial charge in [0, 0.05) is 33.4 Å². The molecule has 0 fully saturated rings. The molecule has 0 radical (unpaired) electrons. The number of hydrogen-bond acceptors (Lipinski definition) is 6. The first-order valence-corrected chi connectivity index (χ1v) is 40.9. The second-order valence-electron chi connectivity index (χ2n) is 32.4. The fraction of sp³-hybridized carbons (Fsp3) is 0.0702. The Morgan fingerprint density at radius 3 is 0.400 bits per heavy atom. The summed E-state index contributed by atoms with van der Waals surface area (Å²) in [6.07, 6.45) is 3.72. The van der Waals surface area contributed by atoms with Crippen LogP contribution in [-0.4, -0.2) is 29.9 Å². The normalized spacial score (nSPS) is 11.3. The molecule has 576 valence electrons. The van der Waals surface area contributed by atoms with Crippen LogP contribution in [0.25, 0.3) is 192 Å². The predicted octanol–water partition coefficient (Wildman–Crippen LogP) is 30.3. The van der Waals surface area contributed by atoms with Crippen LogP contribution in [0.1, 0.15) is 63.8 Å². The maximum Gasteiger partial charge on any atom is 0.164 e. The minimum atomic E-state index is 0.130. The standard InChI is InChI=1S/C61H53N3.C53H37N3/c1-8-41-9-11-42(12-10-41)47-21-27-52(28-22-47)57-62-58(53-29-23-48(24-30-53)43-13-17-45(18-14-43)50-33-37-55(38-34-50)60(2,3)4)64-59(63-57)54-31-25-49(26-32-54)44-15-19-46(20-16-44)51-35-39-56(40-36-51)61(5,6)7;1-2-37-13-15-40(16-14-37)45-25-31-48(32-26-45)51-54-52(49-33-27-46(28-34-49)43-21-17-41(18-22-43)38-9-5-3-6-10-38)56-53(55-51)50-35-29-47(30-36-50)44-23-19-42(20-24-44)39-11-7-4-8-12-39/h8-40H,1H2,2-7H3;2-36H,1H2. The van der Waals surface area contributed by atoms with Crippen molar-refractivity contribution in [2.24, 2.45) is 0 Å². The van der Waals surface area contributed by atoms with E-state index in [9.17, 15) is 0 Å². The SMILES string of the molecule is C=Cc1ccc(-c2ccc(-c3nc(-c4ccc(-c5ccc(-c6ccc(C(C)(C)C)cc6)cc5)cc4)nc(-c4ccc(-c5ccc(-c6ccc(C(C)(C)C)cc6)cc5)cc4)n3)cc2)cc1.C=Cc1ccc(-c2ccc(-c3nc(-c4ccc(-c5ccc(-c6ccccc6)cc5)cc4)nc(-c4ccc(-c5ccc(-c6ccccc6)cc5)cc4)n3)cc2)cc1. The van der Waals surface area contributed by atoms with Crippen LogP contribution in [0.3, 0.4) is 0 Å². The van der Waals surface area contributed by atoms with E-state index in [0.29, 0.717) is 34.9 Å². The van der Waals surface area contributed by atoms with Gasteiger partial charge in [-0.05, 0) is 144 Å². The fourth-order valence-electron chi connectivity index (χ4n) is 15.0. The van der Waals surface area contributed by atoms with E-state index in [2.05, 4.69) is 443 Å². The van der Waals surface area contributed by atoms with Crippen LogP contribution in [-0.2, 0) is 10.8 Å². The lowest BCUT2D eigenvalue weighted by molar-refractivity contribution is 0.590. The van der Waals surface area contributed by atoms with Gasteiger partial charge in [-0.2, -0.15) is 0 Å². The smallest absolute Gasteiger partial charge is 0.164 e. The molecule has 0 aliphatic rings. The van der Waals surface area contributed by atoms with Crippen LogP contribution in [0, 0.1) is 0 Å². The maximum absolute atomic E-state index is 5.09. The van der Waals surface area contributed by atoms with Crippen LogP contribution in [0.4, 0.5) is 0 Å². The molecule has 0 atom stereocenters. The van der Waals surface area contributed by atoms with E-state index >= 15 is 0 Å². The molecule has 0 aliphatic carbocycles. The summed E-state index contributed by atoms with van der Waals surface area (Å²) in [6, 6.07) is 141. The highest BCUT2D eigenvalue weighted by atomic mass is 15.0. The quantitative estimate of drug-likeness (QED) is 0.0852. The third-order valence-corrected chi connectivity index (χ3v) is 22.3. The first-order chi connectivity index (χ1) is 58.5. The number of hydrogen-bond donors (Lipinski definition) is 0. The third-order valence-electron chi connectivity index (χ3n) is 22.3. The lowest BCUT2D eigenvalue weighted by Gasteiger charge is -2.19. The summed E-state index contributed by atoms with van der Waals surface area (Å²) in [6.45, 7) is 21.3. The van der Waals surface area contributed by atoms with Gasteiger partial charge in [-0.25, -0.2) is 29.9 Å². The van der Waals surface area contributed by atoms with Gasteiger partial charge in [0.25, 0.3) is 0 Å². The predicted molar refractivity (Wildman–Crippen MR) is 504 cm³/mol. The number of benzene rings is 16. The molecule has 0 bridgehead atoms. The third kappa shape index (κ3) is 17.9. The average Bonchev–Trinajstić information content (AvgIpc) is 0.791. The van der Waals surface area contributed by atoms with E-state index < -0.39 is 0 Å². The molecule has 18 aromatic rings. The van der Waals surface area contributed by atoms with Gasteiger partial charge < -0.3 is 0 Å². The number of rotatable bonds is 18. The maximum atomic E-state index is 5.09. The molecule has 18 rings (SSSR count). The van der Waals surface area contributed by atoms with Gasteiger partial charge in [-0.15, -0.1) is 0 Å². The summed E-state index contributed by atoms with van der Waals surface area (Å²) in [5.74, 6) is 3.75. The van der Waals surface area contributed by atoms with Crippen molar-refractivity contribution in [2.75, 3.05) is 0 Å². The van der Waals surface area contributed by atoms with E-state index in [-0.39, 0.29) is 10.8 Å². The number of nitrogens with zero attached hydrogens (tertiary/aromatic N) is 6. The molecule has 2 heterocycles. The molecule has 6 nitrogen and oxygen atoms in total. The zero-order chi connectivity index (χ0) is 82.1. The Labute approximate surface area is 705 Å². The van der Waals surface area contributed by atoms with Gasteiger partial charge in [0.1, 0.15) is 0 Å². The Balaban J connectivity index is 0.000000173. The molecule has 16 aromatic carbocycles. The van der Waals surface area contributed by atoms with E-state index in [4.69, 9.17) is 29.9 Å². The molecule has 2 aromatic heterocycles. The molecule has 120 heavy (non-hydrogen) atoms. The second kappa shape index (κ2) is 34.4. The van der Waals surface area contributed by atoms with Crippen LogP contribution in [0.5, 0.6) is 0 Å². The molecule has 0 amide bonds. The molecule has 0 saturated carbocycles. The van der Waals surface area contributed by atoms with Gasteiger partial charge in [0.2, 0.25) is 0 Å². The van der Waals surface area contributed by atoms with E-state index in [0.717, 1.165) is 111 Å². The first kappa shape index (κ1) is 77.6. The minimum absolute atomic E-state index is 0.130. The lowest BCUT2D eigenvalue weighted by atomic mass is 9.86. The van der Waals surface area contributed by atoms with E-state index in [1.54, 1.807) is 0 Å². The van der Waals surface area contributed by atoms with Crippen LogP contribution in [0.15, 0.2) is 414 Å². The highest BCUT2D eigenvalue weighted by molar-refractivity contribution is 5.81. The van der Waals surface area contributed by atoms with Crippen molar-refractivity contribution >= 4 is 12.2 Å². The minimum Gasteiger partial charge on any atom is -0.208 e.